The van der Waals surface area contributed by atoms with Gasteiger partial charge >= 0.3 is 0 Å². The van der Waals surface area contributed by atoms with Crippen LogP contribution < -0.4 is 10.6 Å². The maximum atomic E-state index is 13.4. The molecule has 1 saturated carbocycles. The first-order chi connectivity index (χ1) is 20.2. The van der Waals surface area contributed by atoms with Crippen molar-refractivity contribution < 1.29 is 22.7 Å². The van der Waals surface area contributed by atoms with Gasteiger partial charge in [-0.05, 0) is 61.3 Å². The van der Waals surface area contributed by atoms with Crippen LogP contribution in [0.4, 0.5) is 0 Å². The molecule has 2 N–H and O–H groups in total. The van der Waals surface area contributed by atoms with Gasteiger partial charge in [-0.3, -0.25) is 14.5 Å². The minimum Gasteiger partial charge on any atom is -0.379 e. The maximum absolute atomic E-state index is 13.4. The second-order valence-electron chi connectivity index (χ2n) is 11.3. The first kappa shape index (κ1) is 31.2. The minimum absolute atomic E-state index is 0.0320. The molecule has 0 spiro atoms. The Morgan fingerprint density at radius 2 is 1.74 bits per heavy atom. The van der Waals surface area contributed by atoms with Gasteiger partial charge in [-0.15, -0.1) is 0 Å². The molecule has 2 amide bonds. The number of morpholine rings is 1. The van der Waals surface area contributed by atoms with E-state index in [1.165, 1.54) is 23.8 Å². The number of halogens is 2. The topological polar surface area (TPSA) is 108 Å². The van der Waals surface area contributed by atoms with Gasteiger partial charge in [0.25, 0.3) is 0 Å². The number of carbonyl (C=O) groups is 2. The van der Waals surface area contributed by atoms with Crippen LogP contribution in [0.15, 0.2) is 53.4 Å². The molecule has 1 aliphatic carbocycles. The lowest BCUT2D eigenvalue weighted by molar-refractivity contribution is -0.131. The molecule has 0 aromatic heterocycles. The highest BCUT2D eigenvalue weighted by molar-refractivity contribution is 7.89. The summed E-state index contributed by atoms with van der Waals surface area (Å²) in [5, 5.41) is 5.93. The second-order valence-corrected chi connectivity index (χ2v) is 14.0. The highest BCUT2D eigenvalue weighted by atomic mass is 35.5. The van der Waals surface area contributed by atoms with Crippen molar-refractivity contribution in [2.75, 3.05) is 45.9 Å². The van der Waals surface area contributed by atoms with E-state index in [4.69, 9.17) is 27.9 Å². The normalized spacial score (nSPS) is 25.0. The van der Waals surface area contributed by atoms with Crippen molar-refractivity contribution in [2.45, 2.75) is 49.1 Å². The average Bonchev–Trinajstić information content (AvgIpc) is 2.99. The van der Waals surface area contributed by atoms with E-state index >= 15 is 0 Å². The van der Waals surface area contributed by atoms with Crippen LogP contribution in [0.5, 0.6) is 0 Å². The molecule has 2 aromatic carbocycles. The van der Waals surface area contributed by atoms with Crippen LogP contribution in [0, 0.1) is 11.8 Å². The first-order valence-electron chi connectivity index (χ1n) is 14.6. The molecule has 5 rings (SSSR count). The van der Waals surface area contributed by atoms with E-state index in [9.17, 15) is 18.0 Å². The van der Waals surface area contributed by atoms with Crippen LogP contribution in [-0.2, 0) is 24.3 Å². The predicted octanol–water partition coefficient (Wildman–Crippen LogP) is 3.87. The van der Waals surface area contributed by atoms with Crippen LogP contribution >= 0.6 is 23.2 Å². The third-order valence-electron chi connectivity index (χ3n) is 8.65. The number of sulfonamides is 1. The van der Waals surface area contributed by atoms with E-state index in [2.05, 4.69) is 45.9 Å². The fourth-order valence-electron chi connectivity index (χ4n) is 6.49. The summed E-state index contributed by atoms with van der Waals surface area (Å²) in [4.78, 5) is 28.2. The molecule has 42 heavy (non-hydrogen) atoms. The van der Waals surface area contributed by atoms with Gasteiger partial charge in [-0.1, -0.05) is 53.5 Å². The summed E-state index contributed by atoms with van der Waals surface area (Å²) in [6.45, 7) is 4.08. The number of ether oxygens (including phenoxy) is 1. The number of amides is 2. The van der Waals surface area contributed by atoms with Crippen LogP contribution in [0.2, 0.25) is 10.0 Å². The fraction of sp³-hybridized carbons (Fsp3) is 0.533. The second kappa shape index (κ2) is 14.1. The number of nitrogens with one attached hydrogen (secondary N) is 2. The van der Waals surface area contributed by atoms with Crippen molar-refractivity contribution >= 4 is 45.0 Å². The molecular weight excluding hydrogens is 599 g/mol. The summed E-state index contributed by atoms with van der Waals surface area (Å²) in [6.07, 6.45) is 3.86. The van der Waals surface area contributed by atoms with Crippen LogP contribution in [0.25, 0.3) is 0 Å². The number of piperazine rings is 1. The Morgan fingerprint density at radius 1 is 1.02 bits per heavy atom. The van der Waals surface area contributed by atoms with Gasteiger partial charge in [0.15, 0.2) is 0 Å². The number of benzene rings is 2. The van der Waals surface area contributed by atoms with Crippen molar-refractivity contribution in [2.24, 2.45) is 11.8 Å². The van der Waals surface area contributed by atoms with E-state index in [-0.39, 0.29) is 35.3 Å². The molecule has 2 heterocycles. The van der Waals surface area contributed by atoms with E-state index in [1.807, 2.05) is 0 Å². The Kier molecular flexibility index (Phi) is 10.4. The summed E-state index contributed by atoms with van der Waals surface area (Å²) >= 11 is 12.1. The van der Waals surface area contributed by atoms with Crippen molar-refractivity contribution in [3.63, 3.8) is 0 Å². The quantitative estimate of drug-likeness (QED) is 0.433. The lowest BCUT2D eigenvalue weighted by atomic mass is 9.76. The van der Waals surface area contributed by atoms with Crippen molar-refractivity contribution in [1.29, 1.82) is 0 Å². The lowest BCUT2D eigenvalue weighted by Crippen LogP contribution is -2.58. The molecule has 3 fully saturated rings. The van der Waals surface area contributed by atoms with Crippen molar-refractivity contribution in [1.82, 2.24) is 19.8 Å². The van der Waals surface area contributed by atoms with Gasteiger partial charge in [-0.2, -0.15) is 4.31 Å². The number of hydrogen-bond acceptors (Lipinski definition) is 6. The van der Waals surface area contributed by atoms with E-state index in [0.29, 0.717) is 29.4 Å². The molecule has 2 saturated heterocycles. The number of rotatable bonds is 9. The largest absolute Gasteiger partial charge is 0.379 e. The Bertz CT molecular complexity index is 1350. The highest BCUT2D eigenvalue weighted by Crippen LogP contribution is 2.40. The molecule has 2 atom stereocenters. The van der Waals surface area contributed by atoms with Crippen molar-refractivity contribution in [3.05, 3.63) is 64.1 Å². The van der Waals surface area contributed by atoms with Crippen molar-refractivity contribution in [3.8, 4) is 0 Å². The van der Waals surface area contributed by atoms with Crippen LogP contribution in [0.3, 0.4) is 0 Å². The Hall–Kier alpha value is -2.21. The fourth-order valence-corrected chi connectivity index (χ4v) is 8.82. The average molecular weight is 638 g/mol. The first-order valence-corrected chi connectivity index (χ1v) is 16.8. The van der Waals surface area contributed by atoms with Gasteiger partial charge in [0, 0.05) is 43.8 Å². The van der Waals surface area contributed by atoms with E-state index < -0.39 is 22.0 Å². The van der Waals surface area contributed by atoms with Gasteiger partial charge in [-0.25, -0.2) is 8.42 Å². The third kappa shape index (κ3) is 7.29. The summed E-state index contributed by atoms with van der Waals surface area (Å²) < 4.78 is 33.6. The summed E-state index contributed by atoms with van der Waals surface area (Å²) in [7, 11) is -4.13. The summed E-state index contributed by atoms with van der Waals surface area (Å²) in [6, 6.07) is 14.0. The number of hydrogen-bond donors (Lipinski definition) is 2. The molecular formula is C30H38Cl2N4O5S. The van der Waals surface area contributed by atoms with Crippen LogP contribution in [-0.4, -0.2) is 81.4 Å². The zero-order chi connectivity index (χ0) is 29.7. The van der Waals surface area contributed by atoms with Gasteiger partial charge in [0.05, 0.1) is 24.7 Å². The molecule has 2 aliphatic heterocycles. The Labute approximate surface area is 257 Å². The number of nitrogens with zero attached hydrogens (tertiary/aromatic N) is 2. The van der Waals surface area contributed by atoms with E-state index in [0.717, 1.165) is 56.3 Å². The molecule has 3 aliphatic rings. The molecule has 2 unspecified atom stereocenters. The third-order valence-corrected chi connectivity index (χ3v) is 11.3. The predicted molar refractivity (Wildman–Crippen MR) is 162 cm³/mol. The summed E-state index contributed by atoms with van der Waals surface area (Å²) in [5.41, 5.74) is 1.35. The summed E-state index contributed by atoms with van der Waals surface area (Å²) in [5.74, 6) is 0.0127. The van der Waals surface area contributed by atoms with Gasteiger partial charge in [0.2, 0.25) is 21.8 Å². The van der Waals surface area contributed by atoms with E-state index in [1.54, 1.807) is 0 Å². The van der Waals surface area contributed by atoms with Gasteiger partial charge in [0.1, 0.15) is 10.9 Å². The zero-order valence-corrected chi connectivity index (χ0v) is 25.8. The SMILES string of the molecule is O=C(CC1C(=O)NCCN1S(=O)(=O)c1ccc(Cl)cc1Cl)NCC1CCC(C(c2ccccc2)N2CCOCC2)CC1. The minimum atomic E-state index is -4.13. The number of carbonyl (C=O) groups excluding carboxylic acids is 2. The molecule has 0 bridgehead atoms. The molecule has 0 radical (unpaired) electrons. The molecule has 9 nitrogen and oxygen atoms in total. The smallest absolute Gasteiger partial charge is 0.245 e. The Balaban J connectivity index is 1.17. The maximum Gasteiger partial charge on any atom is 0.245 e. The van der Waals surface area contributed by atoms with Gasteiger partial charge < -0.3 is 15.4 Å². The highest BCUT2D eigenvalue weighted by Gasteiger charge is 2.40. The Morgan fingerprint density at radius 3 is 2.43 bits per heavy atom. The van der Waals surface area contributed by atoms with Crippen LogP contribution in [0.1, 0.15) is 43.7 Å². The molecule has 12 heteroatoms. The zero-order valence-electron chi connectivity index (χ0n) is 23.5. The monoisotopic (exact) mass is 636 g/mol. The molecule has 2 aromatic rings. The standard InChI is InChI=1S/C30H38Cl2N4O5S/c31-24-10-11-27(25(32)18-24)42(39,40)36-13-12-33-30(38)26(36)19-28(37)34-20-21-6-8-23(9-7-21)29(22-4-2-1-3-5-22)35-14-16-41-17-15-35/h1-5,10-11,18,21,23,26,29H,6-9,12-17,19-20H2,(H,33,38)(H,34,37). The lowest BCUT2D eigenvalue weighted by Gasteiger charge is -2.42. The molecule has 228 valence electrons.